The summed E-state index contributed by atoms with van der Waals surface area (Å²) in [5.74, 6) is 0.365. The number of tetrazole rings is 1. The van der Waals surface area contributed by atoms with Crippen LogP contribution in [0.5, 0.6) is 0 Å². The Kier molecular flexibility index (Phi) is 3.19. The summed E-state index contributed by atoms with van der Waals surface area (Å²) in [5.41, 5.74) is 6.87. The zero-order valence-electron chi connectivity index (χ0n) is 11.0. The zero-order valence-corrected chi connectivity index (χ0v) is 11.0. The minimum absolute atomic E-state index is 0.125. The van der Waals surface area contributed by atoms with Crippen molar-refractivity contribution in [2.24, 2.45) is 5.73 Å². The average molecular weight is 272 g/mol. The monoisotopic (exact) mass is 272 g/mol. The lowest BCUT2D eigenvalue weighted by atomic mass is 9.98. The van der Waals surface area contributed by atoms with E-state index in [-0.39, 0.29) is 5.91 Å². The molecule has 1 saturated carbocycles. The molecule has 1 aromatic heterocycles. The first-order valence-corrected chi connectivity index (χ1v) is 6.62. The summed E-state index contributed by atoms with van der Waals surface area (Å²) >= 11 is 0. The van der Waals surface area contributed by atoms with Gasteiger partial charge in [0.05, 0.1) is 5.54 Å². The Morgan fingerprint density at radius 1 is 1.35 bits per heavy atom. The molecule has 0 radical (unpaired) electrons. The molecule has 0 spiro atoms. The molecule has 1 heterocycles. The first-order valence-electron chi connectivity index (χ1n) is 6.62. The van der Waals surface area contributed by atoms with Crippen LogP contribution in [0.15, 0.2) is 24.3 Å². The number of rotatable bonds is 3. The fourth-order valence-corrected chi connectivity index (χ4v) is 2.51. The molecular weight excluding hydrogens is 256 g/mol. The number of anilines is 1. The Labute approximate surface area is 115 Å². The van der Waals surface area contributed by atoms with Crippen molar-refractivity contribution < 1.29 is 4.79 Å². The Hall–Kier alpha value is -2.28. The molecule has 104 valence electrons. The molecule has 2 aromatic rings. The highest BCUT2D eigenvalue weighted by Gasteiger charge is 2.36. The maximum absolute atomic E-state index is 12.2. The van der Waals surface area contributed by atoms with Crippen LogP contribution < -0.4 is 11.1 Å². The lowest BCUT2D eigenvalue weighted by molar-refractivity contribution is -0.121. The second-order valence-corrected chi connectivity index (χ2v) is 5.13. The van der Waals surface area contributed by atoms with E-state index in [4.69, 9.17) is 5.73 Å². The molecule has 3 rings (SSSR count). The maximum atomic E-state index is 12.2. The number of nitrogens with two attached hydrogens (primary N) is 1. The highest BCUT2D eigenvalue weighted by Crippen LogP contribution is 2.28. The third kappa shape index (κ3) is 2.39. The molecule has 0 saturated heterocycles. The predicted octanol–water partition coefficient (Wildman–Crippen LogP) is 1.08. The first kappa shape index (κ1) is 12.7. The molecule has 7 heteroatoms. The number of nitrogens with one attached hydrogen (secondary N) is 2. The van der Waals surface area contributed by atoms with E-state index < -0.39 is 5.54 Å². The van der Waals surface area contributed by atoms with Crippen LogP contribution in [0, 0.1) is 0 Å². The summed E-state index contributed by atoms with van der Waals surface area (Å²) in [4.78, 5) is 12.2. The smallest absolute Gasteiger partial charge is 0.244 e. The van der Waals surface area contributed by atoms with Gasteiger partial charge in [0.15, 0.2) is 0 Å². The van der Waals surface area contributed by atoms with Crippen LogP contribution in [0.25, 0.3) is 11.4 Å². The van der Waals surface area contributed by atoms with Crippen LogP contribution in [-0.2, 0) is 4.79 Å². The van der Waals surface area contributed by atoms with E-state index in [2.05, 4.69) is 25.9 Å². The van der Waals surface area contributed by atoms with E-state index >= 15 is 0 Å². The number of hydrogen-bond donors (Lipinski definition) is 3. The summed E-state index contributed by atoms with van der Waals surface area (Å²) in [6.07, 6.45) is 3.49. The molecule has 4 N–H and O–H groups in total. The van der Waals surface area contributed by atoms with Gasteiger partial charge in [-0.15, -0.1) is 10.2 Å². The number of hydrogen-bond acceptors (Lipinski definition) is 5. The predicted molar refractivity (Wildman–Crippen MR) is 73.6 cm³/mol. The molecule has 7 nitrogen and oxygen atoms in total. The molecule has 1 aliphatic carbocycles. The summed E-state index contributed by atoms with van der Waals surface area (Å²) in [7, 11) is 0. The Morgan fingerprint density at radius 2 is 2.15 bits per heavy atom. The van der Waals surface area contributed by atoms with Gasteiger partial charge in [-0.3, -0.25) is 4.79 Å². The van der Waals surface area contributed by atoms with Crippen molar-refractivity contribution in [3.8, 4) is 11.4 Å². The van der Waals surface area contributed by atoms with E-state index in [1.807, 2.05) is 18.2 Å². The van der Waals surface area contributed by atoms with Gasteiger partial charge in [-0.25, -0.2) is 0 Å². The molecule has 0 aliphatic heterocycles. The lowest BCUT2D eigenvalue weighted by Crippen LogP contribution is -2.48. The molecule has 1 fully saturated rings. The molecule has 20 heavy (non-hydrogen) atoms. The topological polar surface area (TPSA) is 110 Å². The zero-order chi connectivity index (χ0) is 14.0. The number of amides is 1. The van der Waals surface area contributed by atoms with E-state index in [0.717, 1.165) is 31.2 Å². The van der Waals surface area contributed by atoms with Gasteiger partial charge in [-0.2, -0.15) is 5.21 Å². The number of H-pyrrole nitrogens is 1. The number of nitrogens with zero attached hydrogens (tertiary/aromatic N) is 3. The summed E-state index contributed by atoms with van der Waals surface area (Å²) in [6, 6.07) is 7.31. The van der Waals surface area contributed by atoms with Crippen molar-refractivity contribution in [3.63, 3.8) is 0 Å². The third-order valence-electron chi connectivity index (χ3n) is 3.67. The van der Waals surface area contributed by atoms with Gasteiger partial charge in [-0.1, -0.05) is 25.0 Å². The van der Waals surface area contributed by atoms with Gasteiger partial charge in [0.1, 0.15) is 0 Å². The van der Waals surface area contributed by atoms with E-state index in [1.165, 1.54) is 0 Å². The minimum Gasteiger partial charge on any atom is -0.324 e. The van der Waals surface area contributed by atoms with Gasteiger partial charge >= 0.3 is 0 Å². The quantitative estimate of drug-likeness (QED) is 0.774. The van der Waals surface area contributed by atoms with Crippen LogP contribution in [0.2, 0.25) is 0 Å². The highest BCUT2D eigenvalue weighted by molar-refractivity contribution is 5.98. The van der Waals surface area contributed by atoms with Crippen molar-refractivity contribution in [3.05, 3.63) is 24.3 Å². The van der Waals surface area contributed by atoms with Gasteiger partial charge in [0, 0.05) is 11.3 Å². The summed E-state index contributed by atoms with van der Waals surface area (Å²) < 4.78 is 0. The second-order valence-electron chi connectivity index (χ2n) is 5.13. The number of carbonyl (C=O) groups is 1. The maximum Gasteiger partial charge on any atom is 0.244 e. The molecule has 0 unspecified atom stereocenters. The summed E-state index contributed by atoms with van der Waals surface area (Å²) in [6.45, 7) is 0. The Morgan fingerprint density at radius 3 is 2.85 bits per heavy atom. The summed E-state index contributed by atoms with van der Waals surface area (Å²) in [5, 5.41) is 16.6. The Bertz CT molecular complexity index is 603. The van der Waals surface area contributed by atoms with Crippen LogP contribution >= 0.6 is 0 Å². The van der Waals surface area contributed by atoms with Gasteiger partial charge in [-0.05, 0) is 30.2 Å². The number of carbonyl (C=O) groups excluding carboxylic acids is 1. The van der Waals surface area contributed by atoms with E-state index in [1.54, 1.807) is 6.07 Å². The number of aromatic nitrogens is 4. The molecule has 1 aliphatic rings. The first-order chi connectivity index (χ1) is 9.67. The molecule has 0 atom stereocenters. The second kappa shape index (κ2) is 5.01. The van der Waals surface area contributed by atoms with Crippen LogP contribution in [0.1, 0.15) is 25.7 Å². The van der Waals surface area contributed by atoms with Crippen LogP contribution in [-0.4, -0.2) is 32.1 Å². The van der Waals surface area contributed by atoms with Crippen LogP contribution in [0.3, 0.4) is 0 Å². The van der Waals surface area contributed by atoms with Crippen molar-refractivity contribution >= 4 is 11.6 Å². The van der Waals surface area contributed by atoms with Gasteiger partial charge in [0.25, 0.3) is 0 Å². The van der Waals surface area contributed by atoms with Crippen molar-refractivity contribution in [2.75, 3.05) is 5.32 Å². The molecular formula is C13H16N6O. The molecule has 1 amide bonds. The largest absolute Gasteiger partial charge is 0.324 e. The van der Waals surface area contributed by atoms with Gasteiger partial charge in [0.2, 0.25) is 11.7 Å². The molecule has 0 bridgehead atoms. The Balaban J connectivity index is 1.78. The van der Waals surface area contributed by atoms with E-state index in [9.17, 15) is 4.79 Å². The SMILES string of the molecule is NC1(C(=O)Nc2cccc(-c3nn[nH]n3)c2)CCCC1. The van der Waals surface area contributed by atoms with Crippen LogP contribution in [0.4, 0.5) is 5.69 Å². The number of benzene rings is 1. The fourth-order valence-electron chi connectivity index (χ4n) is 2.51. The third-order valence-corrected chi connectivity index (χ3v) is 3.67. The highest BCUT2D eigenvalue weighted by atomic mass is 16.2. The number of aromatic amines is 1. The van der Waals surface area contributed by atoms with Crippen molar-refractivity contribution in [2.45, 2.75) is 31.2 Å². The molecule has 1 aromatic carbocycles. The standard InChI is InChI=1S/C13H16N6O/c14-13(6-1-2-7-13)12(20)15-10-5-3-4-9(8-10)11-16-18-19-17-11/h3-5,8H,1-2,6-7,14H2,(H,15,20)(H,16,17,18,19). The van der Waals surface area contributed by atoms with E-state index in [0.29, 0.717) is 11.5 Å². The van der Waals surface area contributed by atoms with Crippen molar-refractivity contribution in [1.29, 1.82) is 0 Å². The normalized spacial score (nSPS) is 17.1. The minimum atomic E-state index is -0.734. The van der Waals surface area contributed by atoms with Gasteiger partial charge < -0.3 is 11.1 Å². The average Bonchev–Trinajstić information content (AvgIpc) is 3.11. The lowest BCUT2D eigenvalue weighted by Gasteiger charge is -2.22. The fraction of sp³-hybridized carbons (Fsp3) is 0.385. The van der Waals surface area contributed by atoms with Crippen molar-refractivity contribution in [1.82, 2.24) is 20.6 Å².